The first-order valence-electron chi connectivity index (χ1n) is 5.47. The predicted octanol–water partition coefficient (Wildman–Crippen LogP) is 2.60. The summed E-state index contributed by atoms with van der Waals surface area (Å²) in [7, 11) is 0. The molecule has 18 heavy (non-hydrogen) atoms. The normalized spacial score (nSPS) is 12.1. The van der Waals surface area contributed by atoms with Crippen LogP contribution in [-0.2, 0) is 17.8 Å². The minimum absolute atomic E-state index is 0.120. The molecule has 0 aromatic heterocycles. The Balaban J connectivity index is 2.40. The third-order valence-electron chi connectivity index (χ3n) is 2.34. The second-order valence-electron chi connectivity index (χ2n) is 3.91. The van der Waals surface area contributed by atoms with Gasteiger partial charge >= 0.3 is 12.3 Å². The van der Waals surface area contributed by atoms with Crippen molar-refractivity contribution >= 4 is 0 Å². The summed E-state index contributed by atoms with van der Waals surface area (Å²) in [5, 5.41) is 0. The van der Waals surface area contributed by atoms with Crippen LogP contribution in [0.5, 0.6) is 0 Å². The molecule has 0 aliphatic heterocycles. The molecule has 2 N–H and O–H groups in total. The molecule has 0 saturated carbocycles. The van der Waals surface area contributed by atoms with Crippen LogP contribution in [0.3, 0.4) is 0 Å². The van der Waals surface area contributed by atoms with Gasteiger partial charge < -0.3 is 10.5 Å². The lowest BCUT2D eigenvalue weighted by molar-refractivity contribution is -0.168. The fourth-order valence-corrected chi connectivity index (χ4v) is 1.34. The average Bonchev–Trinajstić information content (AvgIpc) is 2.31. The minimum Gasteiger partial charge on any atom is -0.370 e. The van der Waals surface area contributed by atoms with E-state index in [1.807, 2.05) is 0 Å². The molecule has 0 unspecified atom stereocenters. The molecule has 0 radical (unpaired) electrons. The molecule has 1 aromatic rings. The van der Waals surface area contributed by atoms with Crippen LogP contribution in [0, 0.1) is 0 Å². The Bertz CT molecular complexity index is 354. The smallest absolute Gasteiger partial charge is 0.330 e. The van der Waals surface area contributed by atoms with Gasteiger partial charge in [0, 0.05) is 0 Å². The number of ether oxygens (including phenoxy) is 1. The first-order chi connectivity index (χ1) is 8.45. The van der Waals surface area contributed by atoms with Crippen LogP contribution >= 0.6 is 0 Å². The van der Waals surface area contributed by atoms with Crippen molar-refractivity contribution in [2.45, 2.75) is 25.4 Å². The van der Waals surface area contributed by atoms with Gasteiger partial charge in [0.05, 0.1) is 6.61 Å². The molecule has 0 fully saturated rings. The fourth-order valence-electron chi connectivity index (χ4n) is 1.34. The molecule has 0 amide bonds. The predicted molar refractivity (Wildman–Crippen MR) is 59.8 cm³/mol. The van der Waals surface area contributed by atoms with Gasteiger partial charge in [0.1, 0.15) is 6.61 Å². The van der Waals surface area contributed by atoms with E-state index in [9.17, 15) is 17.6 Å². The van der Waals surface area contributed by atoms with Gasteiger partial charge in [0.2, 0.25) is 0 Å². The van der Waals surface area contributed by atoms with Crippen LogP contribution in [0.4, 0.5) is 17.6 Å². The van der Waals surface area contributed by atoms with Crippen molar-refractivity contribution in [2.24, 2.45) is 5.73 Å². The first kappa shape index (κ1) is 14.9. The SMILES string of the molecule is NCCc1ccc(COCC(F)(F)C(F)F)cc1. The van der Waals surface area contributed by atoms with E-state index in [2.05, 4.69) is 4.74 Å². The van der Waals surface area contributed by atoms with Gasteiger partial charge in [0.15, 0.2) is 0 Å². The topological polar surface area (TPSA) is 35.2 Å². The van der Waals surface area contributed by atoms with Crippen molar-refractivity contribution < 1.29 is 22.3 Å². The highest BCUT2D eigenvalue weighted by atomic mass is 19.3. The largest absolute Gasteiger partial charge is 0.370 e. The lowest BCUT2D eigenvalue weighted by Gasteiger charge is -2.15. The van der Waals surface area contributed by atoms with Gasteiger partial charge in [-0.3, -0.25) is 0 Å². The molecule has 0 heterocycles. The molecule has 1 rings (SSSR count). The van der Waals surface area contributed by atoms with Crippen LogP contribution < -0.4 is 5.73 Å². The molecular weight excluding hydrogens is 250 g/mol. The zero-order valence-corrected chi connectivity index (χ0v) is 9.71. The Morgan fingerprint density at radius 3 is 2.17 bits per heavy atom. The molecule has 0 bridgehead atoms. The highest BCUT2D eigenvalue weighted by Crippen LogP contribution is 2.23. The summed E-state index contributed by atoms with van der Waals surface area (Å²) in [5.41, 5.74) is 7.06. The second kappa shape index (κ2) is 6.70. The van der Waals surface area contributed by atoms with E-state index in [0.717, 1.165) is 12.0 Å². The van der Waals surface area contributed by atoms with E-state index in [1.54, 1.807) is 24.3 Å². The number of halogens is 4. The molecule has 0 aliphatic rings. The van der Waals surface area contributed by atoms with E-state index in [0.29, 0.717) is 12.1 Å². The summed E-state index contributed by atoms with van der Waals surface area (Å²) in [6.07, 6.45) is -2.98. The van der Waals surface area contributed by atoms with Crippen molar-refractivity contribution in [3.8, 4) is 0 Å². The monoisotopic (exact) mass is 265 g/mol. The number of rotatable bonds is 7. The third-order valence-corrected chi connectivity index (χ3v) is 2.34. The lowest BCUT2D eigenvalue weighted by atomic mass is 10.1. The third kappa shape index (κ3) is 4.62. The molecule has 1 aromatic carbocycles. The van der Waals surface area contributed by atoms with Crippen LogP contribution in [0.1, 0.15) is 11.1 Å². The van der Waals surface area contributed by atoms with Crippen LogP contribution in [0.25, 0.3) is 0 Å². The van der Waals surface area contributed by atoms with Crippen LogP contribution in [0.2, 0.25) is 0 Å². The molecule has 0 saturated heterocycles. The van der Waals surface area contributed by atoms with E-state index in [-0.39, 0.29) is 6.61 Å². The van der Waals surface area contributed by atoms with E-state index in [1.165, 1.54) is 0 Å². The quantitative estimate of drug-likeness (QED) is 0.769. The molecule has 0 spiro atoms. The Labute approximate surface area is 103 Å². The second-order valence-corrected chi connectivity index (χ2v) is 3.91. The summed E-state index contributed by atoms with van der Waals surface area (Å²) < 4.78 is 53.3. The molecule has 2 nitrogen and oxygen atoms in total. The standard InChI is InChI=1S/C12H15F4NO/c13-11(14)12(15,16)8-18-7-10-3-1-9(2-4-10)5-6-17/h1-4,11H,5-8,17H2. The maximum absolute atomic E-state index is 12.5. The number of hydrogen-bond acceptors (Lipinski definition) is 2. The average molecular weight is 265 g/mol. The number of nitrogens with two attached hydrogens (primary N) is 1. The maximum atomic E-state index is 12.5. The summed E-state index contributed by atoms with van der Waals surface area (Å²) in [6.45, 7) is -0.878. The first-order valence-corrected chi connectivity index (χ1v) is 5.47. The van der Waals surface area contributed by atoms with E-state index < -0.39 is 19.0 Å². The van der Waals surface area contributed by atoms with Crippen molar-refractivity contribution in [1.82, 2.24) is 0 Å². The van der Waals surface area contributed by atoms with E-state index >= 15 is 0 Å². The van der Waals surface area contributed by atoms with Crippen LogP contribution in [0.15, 0.2) is 24.3 Å². The number of hydrogen-bond donors (Lipinski definition) is 1. The van der Waals surface area contributed by atoms with Crippen LogP contribution in [-0.4, -0.2) is 25.5 Å². The van der Waals surface area contributed by atoms with Crippen molar-refractivity contribution in [2.75, 3.05) is 13.2 Å². The molecule has 102 valence electrons. The number of benzene rings is 1. The van der Waals surface area contributed by atoms with Gasteiger partial charge in [-0.1, -0.05) is 24.3 Å². The van der Waals surface area contributed by atoms with Crippen molar-refractivity contribution in [3.63, 3.8) is 0 Å². The summed E-state index contributed by atoms with van der Waals surface area (Å²) in [5.74, 6) is -4.10. The summed E-state index contributed by atoms with van der Waals surface area (Å²) >= 11 is 0. The van der Waals surface area contributed by atoms with Gasteiger partial charge in [0.25, 0.3) is 0 Å². The minimum atomic E-state index is -4.10. The maximum Gasteiger partial charge on any atom is 0.330 e. The van der Waals surface area contributed by atoms with Crippen molar-refractivity contribution in [1.29, 1.82) is 0 Å². The zero-order valence-electron chi connectivity index (χ0n) is 9.71. The highest BCUT2D eigenvalue weighted by Gasteiger charge is 2.40. The molecule has 0 aliphatic carbocycles. The Morgan fingerprint density at radius 1 is 1.11 bits per heavy atom. The Morgan fingerprint density at radius 2 is 1.67 bits per heavy atom. The number of alkyl halides is 4. The summed E-state index contributed by atoms with van der Waals surface area (Å²) in [6, 6.07) is 7.00. The summed E-state index contributed by atoms with van der Waals surface area (Å²) in [4.78, 5) is 0. The zero-order chi connectivity index (χ0) is 13.6. The highest BCUT2D eigenvalue weighted by molar-refractivity contribution is 5.22. The Hall–Kier alpha value is -1.14. The molecular formula is C12H15F4NO. The van der Waals surface area contributed by atoms with Gasteiger partial charge in [-0.05, 0) is 24.1 Å². The Kier molecular flexibility index (Phi) is 5.55. The van der Waals surface area contributed by atoms with E-state index in [4.69, 9.17) is 5.73 Å². The molecule has 6 heteroatoms. The molecule has 0 atom stereocenters. The van der Waals surface area contributed by atoms with Gasteiger partial charge in [-0.25, -0.2) is 8.78 Å². The van der Waals surface area contributed by atoms with Gasteiger partial charge in [-0.15, -0.1) is 0 Å². The van der Waals surface area contributed by atoms with Gasteiger partial charge in [-0.2, -0.15) is 8.78 Å². The van der Waals surface area contributed by atoms with Crippen molar-refractivity contribution in [3.05, 3.63) is 35.4 Å². The lowest BCUT2D eigenvalue weighted by Crippen LogP contribution is -2.32. The fraction of sp³-hybridized carbons (Fsp3) is 0.500.